The van der Waals surface area contributed by atoms with Crippen LogP contribution in [-0.2, 0) is 6.42 Å². The molecular weight excluding hydrogens is 447 g/mol. The Morgan fingerprint density at radius 3 is 2.72 bits per heavy atom. The monoisotopic (exact) mass is 464 g/mol. The molecular formula is C25H18Cl2N2O3. The van der Waals surface area contributed by atoms with E-state index in [0.29, 0.717) is 33.7 Å². The van der Waals surface area contributed by atoms with Crippen LogP contribution in [0.4, 0.5) is 0 Å². The third-order valence-corrected chi connectivity index (χ3v) is 6.72. The van der Waals surface area contributed by atoms with Crippen molar-refractivity contribution in [1.29, 1.82) is 0 Å². The fourth-order valence-corrected chi connectivity index (χ4v) is 5.20. The molecule has 1 N–H and O–H groups in total. The molecule has 2 aliphatic rings. The molecule has 1 aromatic heterocycles. The molecule has 2 aliphatic heterocycles. The van der Waals surface area contributed by atoms with E-state index >= 15 is 0 Å². The molecule has 5 nitrogen and oxygen atoms in total. The lowest BCUT2D eigenvalue weighted by molar-refractivity contribution is 0.0692. The van der Waals surface area contributed by atoms with Crippen molar-refractivity contribution < 1.29 is 14.3 Å². The van der Waals surface area contributed by atoms with Crippen LogP contribution in [0.5, 0.6) is 11.5 Å². The van der Waals surface area contributed by atoms with Crippen molar-refractivity contribution in [1.82, 2.24) is 9.88 Å². The molecule has 4 aromatic rings. The number of aromatic nitrogens is 1. The minimum atomic E-state index is -0.320. The molecule has 7 heteroatoms. The van der Waals surface area contributed by atoms with Crippen LogP contribution in [0.1, 0.15) is 33.2 Å². The fraction of sp³-hybridized carbons (Fsp3) is 0.160. The first kappa shape index (κ1) is 19.5. The summed E-state index contributed by atoms with van der Waals surface area (Å²) in [4.78, 5) is 19.1. The third-order valence-electron chi connectivity index (χ3n) is 6.17. The number of para-hydroxylation sites is 1. The largest absolute Gasteiger partial charge is 0.454 e. The maximum absolute atomic E-state index is 13.7. The summed E-state index contributed by atoms with van der Waals surface area (Å²) in [5.41, 5.74) is 4.67. The van der Waals surface area contributed by atoms with E-state index < -0.39 is 0 Å². The highest BCUT2D eigenvalue weighted by molar-refractivity contribution is 6.36. The maximum Gasteiger partial charge on any atom is 0.256 e. The number of nitrogens with zero attached hydrogens (tertiary/aromatic N) is 1. The number of H-pyrrole nitrogens is 1. The predicted molar refractivity (Wildman–Crippen MR) is 124 cm³/mol. The van der Waals surface area contributed by atoms with Crippen LogP contribution in [0, 0.1) is 0 Å². The molecule has 6 rings (SSSR count). The number of hydrogen-bond donors (Lipinski definition) is 1. The number of carbonyl (C=O) groups excluding carboxylic acids is 1. The number of benzene rings is 3. The number of halogens is 2. The molecule has 3 heterocycles. The molecule has 32 heavy (non-hydrogen) atoms. The van der Waals surface area contributed by atoms with E-state index in [2.05, 4.69) is 17.1 Å². The molecule has 1 amide bonds. The second-order valence-corrected chi connectivity index (χ2v) is 8.79. The minimum absolute atomic E-state index is 0.140. The lowest BCUT2D eigenvalue weighted by Crippen LogP contribution is -2.40. The van der Waals surface area contributed by atoms with E-state index in [1.54, 1.807) is 18.2 Å². The van der Waals surface area contributed by atoms with Crippen molar-refractivity contribution in [2.24, 2.45) is 0 Å². The summed E-state index contributed by atoms with van der Waals surface area (Å²) in [6.45, 7) is 0.760. The average molecular weight is 465 g/mol. The molecule has 1 atom stereocenters. The molecule has 160 valence electrons. The molecule has 1 unspecified atom stereocenters. The quantitative estimate of drug-likeness (QED) is 0.396. The number of hydrogen-bond acceptors (Lipinski definition) is 3. The number of ether oxygens (including phenoxy) is 2. The Bertz CT molecular complexity index is 1380. The summed E-state index contributed by atoms with van der Waals surface area (Å²) < 4.78 is 11.1. The van der Waals surface area contributed by atoms with Crippen LogP contribution in [0.15, 0.2) is 60.7 Å². The molecule has 0 radical (unpaired) electrons. The van der Waals surface area contributed by atoms with Crippen molar-refractivity contribution in [2.45, 2.75) is 12.5 Å². The molecule has 0 saturated heterocycles. The second-order valence-electron chi connectivity index (χ2n) is 7.95. The number of nitrogens with one attached hydrogen (secondary N) is 1. The Morgan fingerprint density at radius 1 is 1.00 bits per heavy atom. The SMILES string of the molecule is O=C(c1ccc(Cl)cc1Cl)N1CCc2c([nH]c3ccccc23)C1c1ccc2c(c1)OCO2. The van der Waals surface area contributed by atoms with Gasteiger partial charge in [0.1, 0.15) is 0 Å². The van der Waals surface area contributed by atoms with E-state index in [9.17, 15) is 4.79 Å². The van der Waals surface area contributed by atoms with Crippen molar-refractivity contribution in [2.75, 3.05) is 13.3 Å². The van der Waals surface area contributed by atoms with Crippen molar-refractivity contribution in [3.05, 3.63) is 93.1 Å². The standard InChI is InChI=1S/C25H18Cl2N2O3/c26-15-6-7-18(19(27)12-15)25(30)29-10-9-17-16-3-1-2-4-20(16)28-23(17)24(29)14-5-8-21-22(11-14)32-13-31-21/h1-8,11-12,24,28H,9-10,13H2. The van der Waals surface area contributed by atoms with Gasteiger partial charge in [0.25, 0.3) is 5.91 Å². The first-order valence-corrected chi connectivity index (χ1v) is 11.1. The van der Waals surface area contributed by atoms with E-state index in [4.69, 9.17) is 32.7 Å². The van der Waals surface area contributed by atoms with Gasteiger partial charge in [-0.25, -0.2) is 0 Å². The zero-order valence-electron chi connectivity index (χ0n) is 16.9. The number of fused-ring (bicyclic) bond motifs is 4. The first-order chi connectivity index (χ1) is 15.6. The summed E-state index contributed by atoms with van der Waals surface area (Å²) >= 11 is 12.5. The molecule has 0 fully saturated rings. The van der Waals surface area contributed by atoms with Crippen molar-refractivity contribution in [3.8, 4) is 11.5 Å². The van der Waals surface area contributed by atoms with Gasteiger partial charge in [-0.05, 0) is 53.9 Å². The van der Waals surface area contributed by atoms with E-state index in [-0.39, 0.29) is 18.7 Å². The van der Waals surface area contributed by atoms with Crippen LogP contribution >= 0.6 is 23.2 Å². The van der Waals surface area contributed by atoms with Crippen LogP contribution in [0.3, 0.4) is 0 Å². The number of rotatable bonds is 2. The molecule has 0 spiro atoms. The van der Waals surface area contributed by atoms with Gasteiger partial charge in [-0.1, -0.05) is 47.5 Å². The predicted octanol–water partition coefficient (Wildman–Crippen LogP) is 5.99. The molecule has 3 aromatic carbocycles. The zero-order valence-corrected chi connectivity index (χ0v) is 18.4. The van der Waals surface area contributed by atoms with Gasteiger partial charge in [0, 0.05) is 28.2 Å². The van der Waals surface area contributed by atoms with Gasteiger partial charge in [0.05, 0.1) is 16.6 Å². The molecule has 0 aliphatic carbocycles. The smallest absolute Gasteiger partial charge is 0.256 e. The molecule has 0 bridgehead atoms. The van der Waals surface area contributed by atoms with Crippen LogP contribution in [-0.4, -0.2) is 29.1 Å². The summed E-state index contributed by atoms with van der Waals surface area (Å²) in [6.07, 6.45) is 0.747. The summed E-state index contributed by atoms with van der Waals surface area (Å²) in [5.74, 6) is 1.25. The van der Waals surface area contributed by atoms with Gasteiger partial charge in [0.2, 0.25) is 6.79 Å². The van der Waals surface area contributed by atoms with Gasteiger partial charge in [0.15, 0.2) is 11.5 Å². The summed E-state index contributed by atoms with van der Waals surface area (Å²) in [6, 6.07) is 18.7. The van der Waals surface area contributed by atoms with Crippen LogP contribution in [0.25, 0.3) is 10.9 Å². The lowest BCUT2D eigenvalue weighted by Gasteiger charge is -2.36. The highest BCUT2D eigenvalue weighted by Gasteiger charge is 2.36. The van der Waals surface area contributed by atoms with E-state index in [1.165, 1.54) is 10.9 Å². The lowest BCUT2D eigenvalue weighted by atomic mass is 9.91. The van der Waals surface area contributed by atoms with Gasteiger partial charge in [-0.15, -0.1) is 0 Å². The Balaban J connectivity index is 1.51. The highest BCUT2D eigenvalue weighted by atomic mass is 35.5. The number of amides is 1. The highest BCUT2D eigenvalue weighted by Crippen LogP contribution is 2.42. The van der Waals surface area contributed by atoms with Crippen LogP contribution < -0.4 is 9.47 Å². The fourth-order valence-electron chi connectivity index (χ4n) is 4.71. The maximum atomic E-state index is 13.7. The Labute approximate surface area is 194 Å². The second kappa shape index (κ2) is 7.47. The number of aromatic amines is 1. The molecule has 0 saturated carbocycles. The van der Waals surface area contributed by atoms with Gasteiger partial charge < -0.3 is 19.4 Å². The van der Waals surface area contributed by atoms with Gasteiger partial charge >= 0.3 is 0 Å². The van der Waals surface area contributed by atoms with E-state index in [1.807, 2.05) is 35.2 Å². The van der Waals surface area contributed by atoms with Crippen molar-refractivity contribution >= 4 is 40.0 Å². The third kappa shape index (κ3) is 3.04. The first-order valence-electron chi connectivity index (χ1n) is 10.4. The zero-order chi connectivity index (χ0) is 21.8. The Kier molecular flexibility index (Phi) is 4.56. The van der Waals surface area contributed by atoms with Gasteiger partial charge in [-0.3, -0.25) is 4.79 Å². The Morgan fingerprint density at radius 2 is 1.84 bits per heavy atom. The Hall–Kier alpha value is -3.15. The minimum Gasteiger partial charge on any atom is -0.454 e. The van der Waals surface area contributed by atoms with Gasteiger partial charge in [-0.2, -0.15) is 0 Å². The number of carbonyl (C=O) groups is 1. The topological polar surface area (TPSA) is 54.6 Å². The van der Waals surface area contributed by atoms with Crippen molar-refractivity contribution in [3.63, 3.8) is 0 Å². The summed E-state index contributed by atoms with van der Waals surface area (Å²) in [5, 5.41) is 2.02. The van der Waals surface area contributed by atoms with E-state index in [0.717, 1.165) is 23.2 Å². The summed E-state index contributed by atoms with van der Waals surface area (Å²) in [7, 11) is 0. The average Bonchev–Trinajstić information content (AvgIpc) is 3.41. The van der Waals surface area contributed by atoms with Crippen LogP contribution in [0.2, 0.25) is 10.0 Å². The normalized spacial score (nSPS) is 16.9.